The number of likely N-dealkylation sites (N-methyl/N-ethyl adjacent to an activating group) is 1. The number of hydrogen-bond acceptors (Lipinski definition) is 2. The first kappa shape index (κ1) is 12.8. The lowest BCUT2D eigenvalue weighted by atomic mass is 10.2. The van der Waals surface area contributed by atoms with E-state index in [2.05, 4.69) is 11.2 Å². The minimum absolute atomic E-state index is 0.0497. The van der Waals surface area contributed by atoms with Gasteiger partial charge in [0.15, 0.2) is 0 Å². The van der Waals surface area contributed by atoms with Crippen LogP contribution in [0.25, 0.3) is 0 Å². The van der Waals surface area contributed by atoms with Gasteiger partial charge in [-0.15, -0.1) is 6.42 Å². The van der Waals surface area contributed by atoms with Gasteiger partial charge in [-0.25, -0.2) is 0 Å². The van der Waals surface area contributed by atoms with Crippen molar-refractivity contribution in [2.24, 2.45) is 0 Å². The Hall–Kier alpha value is -2.28. The molecule has 0 heterocycles. The van der Waals surface area contributed by atoms with E-state index in [1.165, 1.54) is 4.90 Å². The maximum atomic E-state index is 11.6. The Balaban J connectivity index is 2.44. The average molecular weight is 230 g/mol. The standard InChI is InChI=1S/C13H14N2O2/c1-3-9-15(2)12(16)10-14-13(17)11-7-5-4-6-8-11/h1,4-8H,9-10H2,2H3,(H,14,17). The number of nitrogens with one attached hydrogen (secondary N) is 1. The second kappa shape index (κ2) is 6.33. The normalized spacial score (nSPS) is 9.18. The van der Waals surface area contributed by atoms with Crippen LogP contribution in [0, 0.1) is 12.3 Å². The van der Waals surface area contributed by atoms with E-state index in [9.17, 15) is 9.59 Å². The van der Waals surface area contributed by atoms with Crippen molar-refractivity contribution < 1.29 is 9.59 Å². The predicted molar refractivity (Wildman–Crippen MR) is 65.2 cm³/mol. The van der Waals surface area contributed by atoms with Crippen molar-refractivity contribution in [3.05, 3.63) is 35.9 Å². The molecule has 2 amide bonds. The van der Waals surface area contributed by atoms with Crippen LogP contribution >= 0.6 is 0 Å². The molecule has 0 saturated carbocycles. The topological polar surface area (TPSA) is 49.4 Å². The maximum Gasteiger partial charge on any atom is 0.251 e. The van der Waals surface area contributed by atoms with Crippen molar-refractivity contribution in [1.82, 2.24) is 10.2 Å². The highest BCUT2D eigenvalue weighted by Gasteiger charge is 2.10. The average Bonchev–Trinajstić information content (AvgIpc) is 2.36. The maximum absolute atomic E-state index is 11.6. The van der Waals surface area contributed by atoms with Crippen LogP contribution in [-0.2, 0) is 4.79 Å². The molecule has 0 bridgehead atoms. The highest BCUT2D eigenvalue weighted by Crippen LogP contribution is 1.97. The molecule has 0 aliphatic heterocycles. The molecule has 0 saturated heterocycles. The van der Waals surface area contributed by atoms with E-state index < -0.39 is 0 Å². The fraction of sp³-hybridized carbons (Fsp3) is 0.231. The van der Waals surface area contributed by atoms with E-state index in [1.54, 1.807) is 31.3 Å². The lowest BCUT2D eigenvalue weighted by Crippen LogP contribution is -2.38. The highest BCUT2D eigenvalue weighted by atomic mass is 16.2. The molecule has 1 N–H and O–H groups in total. The molecule has 88 valence electrons. The molecule has 1 rings (SSSR count). The Morgan fingerprint density at radius 2 is 2.00 bits per heavy atom. The fourth-order valence-electron chi connectivity index (χ4n) is 1.21. The molecule has 17 heavy (non-hydrogen) atoms. The molecule has 0 aliphatic rings. The summed E-state index contributed by atoms with van der Waals surface area (Å²) in [4.78, 5) is 24.5. The molecule has 0 atom stereocenters. The summed E-state index contributed by atoms with van der Waals surface area (Å²) in [5.74, 6) is 1.87. The zero-order valence-electron chi connectivity index (χ0n) is 9.64. The van der Waals surface area contributed by atoms with E-state index in [0.717, 1.165) is 0 Å². The first-order valence-corrected chi connectivity index (χ1v) is 5.16. The molecule has 0 fully saturated rings. The lowest BCUT2D eigenvalue weighted by molar-refractivity contribution is -0.128. The van der Waals surface area contributed by atoms with Gasteiger partial charge in [0.25, 0.3) is 5.91 Å². The number of terminal acetylenes is 1. The van der Waals surface area contributed by atoms with E-state index in [-0.39, 0.29) is 24.9 Å². The van der Waals surface area contributed by atoms with Crippen LogP contribution in [-0.4, -0.2) is 36.9 Å². The van der Waals surface area contributed by atoms with Gasteiger partial charge in [-0.05, 0) is 12.1 Å². The second-order valence-electron chi connectivity index (χ2n) is 3.50. The van der Waals surface area contributed by atoms with Crippen molar-refractivity contribution >= 4 is 11.8 Å². The molecule has 0 unspecified atom stereocenters. The summed E-state index contributed by atoms with van der Waals surface area (Å²) in [7, 11) is 1.59. The van der Waals surface area contributed by atoms with Gasteiger partial charge in [0.05, 0.1) is 13.1 Å². The molecule has 0 radical (unpaired) electrons. The smallest absolute Gasteiger partial charge is 0.251 e. The van der Waals surface area contributed by atoms with Crippen LogP contribution in [0.1, 0.15) is 10.4 Å². The van der Waals surface area contributed by atoms with E-state index in [4.69, 9.17) is 6.42 Å². The Morgan fingerprint density at radius 1 is 1.35 bits per heavy atom. The summed E-state index contributed by atoms with van der Waals surface area (Å²) in [6.45, 7) is 0.186. The van der Waals surface area contributed by atoms with Crippen LogP contribution in [0.3, 0.4) is 0 Å². The molecule has 0 spiro atoms. The Kier molecular flexibility index (Phi) is 4.77. The summed E-state index contributed by atoms with van der Waals surface area (Å²) >= 11 is 0. The molecule has 0 aliphatic carbocycles. The van der Waals surface area contributed by atoms with Gasteiger partial charge in [-0.2, -0.15) is 0 Å². The van der Waals surface area contributed by atoms with Gasteiger partial charge in [0.2, 0.25) is 5.91 Å². The fourth-order valence-corrected chi connectivity index (χ4v) is 1.21. The highest BCUT2D eigenvalue weighted by molar-refractivity contribution is 5.96. The molecular weight excluding hydrogens is 216 g/mol. The predicted octanol–water partition coefficient (Wildman–Crippen LogP) is 0.508. The zero-order valence-corrected chi connectivity index (χ0v) is 9.64. The Bertz CT molecular complexity index is 434. The van der Waals surface area contributed by atoms with Crippen LogP contribution in [0.2, 0.25) is 0 Å². The minimum atomic E-state index is -0.270. The van der Waals surface area contributed by atoms with E-state index in [1.807, 2.05) is 6.07 Å². The van der Waals surface area contributed by atoms with Gasteiger partial charge in [0.1, 0.15) is 0 Å². The Morgan fingerprint density at radius 3 is 2.59 bits per heavy atom. The molecule has 4 heteroatoms. The third-order valence-corrected chi connectivity index (χ3v) is 2.19. The molecule has 4 nitrogen and oxygen atoms in total. The quantitative estimate of drug-likeness (QED) is 0.766. The number of carbonyl (C=O) groups excluding carboxylic acids is 2. The van der Waals surface area contributed by atoms with Crippen molar-refractivity contribution in [2.45, 2.75) is 0 Å². The number of carbonyl (C=O) groups is 2. The van der Waals surface area contributed by atoms with Gasteiger partial charge in [-0.1, -0.05) is 24.1 Å². The summed E-state index contributed by atoms with van der Waals surface area (Å²) in [6.07, 6.45) is 5.08. The summed E-state index contributed by atoms with van der Waals surface area (Å²) in [5.41, 5.74) is 0.528. The third kappa shape index (κ3) is 3.99. The van der Waals surface area contributed by atoms with Crippen molar-refractivity contribution in [1.29, 1.82) is 0 Å². The molecule has 1 aromatic rings. The third-order valence-electron chi connectivity index (χ3n) is 2.19. The van der Waals surface area contributed by atoms with Gasteiger partial charge in [-0.3, -0.25) is 9.59 Å². The first-order valence-electron chi connectivity index (χ1n) is 5.16. The first-order chi connectivity index (χ1) is 8.15. The monoisotopic (exact) mass is 230 g/mol. The van der Waals surface area contributed by atoms with Crippen LogP contribution in [0.4, 0.5) is 0 Å². The molecular formula is C13H14N2O2. The minimum Gasteiger partial charge on any atom is -0.343 e. The summed E-state index contributed by atoms with van der Waals surface area (Å²) in [6, 6.07) is 8.72. The van der Waals surface area contributed by atoms with Gasteiger partial charge < -0.3 is 10.2 Å². The summed E-state index contributed by atoms with van der Waals surface area (Å²) in [5, 5.41) is 2.54. The van der Waals surface area contributed by atoms with Gasteiger partial charge >= 0.3 is 0 Å². The number of hydrogen-bond donors (Lipinski definition) is 1. The second-order valence-corrected chi connectivity index (χ2v) is 3.50. The number of benzene rings is 1. The van der Waals surface area contributed by atoms with Crippen molar-refractivity contribution in [3.8, 4) is 12.3 Å². The number of nitrogens with zero attached hydrogens (tertiary/aromatic N) is 1. The van der Waals surface area contributed by atoms with Crippen LogP contribution in [0.5, 0.6) is 0 Å². The molecule has 0 aromatic heterocycles. The zero-order chi connectivity index (χ0) is 12.7. The lowest BCUT2D eigenvalue weighted by Gasteiger charge is -2.14. The van der Waals surface area contributed by atoms with Crippen molar-refractivity contribution in [3.63, 3.8) is 0 Å². The largest absolute Gasteiger partial charge is 0.343 e. The number of rotatable bonds is 4. The van der Waals surface area contributed by atoms with Crippen molar-refractivity contribution in [2.75, 3.05) is 20.1 Å². The van der Waals surface area contributed by atoms with Gasteiger partial charge in [0, 0.05) is 12.6 Å². The molecule has 1 aromatic carbocycles. The van der Waals surface area contributed by atoms with E-state index >= 15 is 0 Å². The van der Waals surface area contributed by atoms with Crippen LogP contribution in [0.15, 0.2) is 30.3 Å². The van der Waals surface area contributed by atoms with E-state index in [0.29, 0.717) is 5.56 Å². The number of amides is 2. The Labute approximate surface area is 101 Å². The SMILES string of the molecule is C#CCN(C)C(=O)CNC(=O)c1ccccc1. The summed E-state index contributed by atoms with van der Waals surface area (Å²) < 4.78 is 0. The van der Waals surface area contributed by atoms with Crippen LogP contribution < -0.4 is 5.32 Å².